The van der Waals surface area contributed by atoms with Gasteiger partial charge in [-0.05, 0) is 57.4 Å². The molecule has 0 saturated heterocycles. The second-order valence-corrected chi connectivity index (χ2v) is 6.94. The molecule has 2 aromatic rings. The monoisotopic (exact) mass is 418 g/mol. The predicted molar refractivity (Wildman–Crippen MR) is 145 cm³/mol. The van der Waals surface area contributed by atoms with Crippen LogP contribution in [0.4, 0.5) is 0 Å². The van der Waals surface area contributed by atoms with Gasteiger partial charge in [0.05, 0.1) is 0 Å². The van der Waals surface area contributed by atoms with E-state index in [4.69, 9.17) is 0 Å². The second-order valence-electron chi connectivity index (χ2n) is 6.94. The Morgan fingerprint density at radius 1 is 0.581 bits per heavy atom. The summed E-state index contributed by atoms with van der Waals surface area (Å²) in [5.41, 5.74) is 10.5. The zero-order valence-electron chi connectivity index (χ0n) is 21.6. The van der Waals surface area contributed by atoms with Crippen molar-refractivity contribution in [1.29, 1.82) is 0 Å². The van der Waals surface area contributed by atoms with E-state index < -0.39 is 0 Å². The Kier molecular flexibility index (Phi) is 15.1. The number of unbranched alkanes of at least 4 members (excludes halogenated alkanes) is 2. The van der Waals surface area contributed by atoms with E-state index in [-0.39, 0.29) is 0 Å². The highest BCUT2D eigenvalue weighted by molar-refractivity contribution is 5.94. The van der Waals surface area contributed by atoms with Crippen LogP contribution in [0.1, 0.15) is 96.9 Å². The Morgan fingerprint density at radius 2 is 0.903 bits per heavy atom. The molecule has 0 aromatic heterocycles. The molecule has 0 nitrogen and oxygen atoms in total. The first-order valence-electron chi connectivity index (χ1n) is 12.4. The van der Waals surface area contributed by atoms with Crippen LogP contribution in [0.2, 0.25) is 0 Å². The van der Waals surface area contributed by atoms with Gasteiger partial charge in [-0.2, -0.15) is 0 Å². The predicted octanol–water partition coefficient (Wildman–Crippen LogP) is 10.1. The van der Waals surface area contributed by atoms with Crippen molar-refractivity contribution in [3.63, 3.8) is 0 Å². The number of fused-ring (bicyclic) bond motifs is 2. The van der Waals surface area contributed by atoms with Gasteiger partial charge in [0.25, 0.3) is 0 Å². The van der Waals surface area contributed by atoms with E-state index in [1.165, 1.54) is 63.8 Å². The number of benzene rings is 2. The highest BCUT2D eigenvalue weighted by Crippen LogP contribution is 2.44. The molecule has 0 spiro atoms. The van der Waals surface area contributed by atoms with Crippen molar-refractivity contribution in [3.8, 4) is 0 Å². The molecule has 0 aliphatic heterocycles. The van der Waals surface area contributed by atoms with Crippen LogP contribution >= 0.6 is 0 Å². The van der Waals surface area contributed by atoms with Crippen molar-refractivity contribution < 1.29 is 0 Å². The molecule has 0 radical (unpaired) electrons. The van der Waals surface area contributed by atoms with Gasteiger partial charge in [0, 0.05) is 0 Å². The summed E-state index contributed by atoms with van der Waals surface area (Å²) in [6.07, 6.45) is 6.07. The fraction of sp³-hybridized carbons (Fsp3) is 0.419. The van der Waals surface area contributed by atoms with Gasteiger partial charge in [-0.15, -0.1) is 0 Å². The Hall–Kier alpha value is -2.34. The minimum Gasteiger partial charge on any atom is -0.0908 e. The van der Waals surface area contributed by atoms with Crippen molar-refractivity contribution >= 4 is 11.1 Å². The van der Waals surface area contributed by atoms with Crippen LogP contribution in [-0.2, 0) is 12.8 Å². The molecule has 2 aliphatic rings. The molecule has 0 saturated carbocycles. The summed E-state index contributed by atoms with van der Waals surface area (Å²) in [6, 6.07) is 17.2. The van der Waals surface area contributed by atoms with Gasteiger partial charge in [-0.1, -0.05) is 136 Å². The van der Waals surface area contributed by atoms with E-state index in [0.717, 1.165) is 12.8 Å². The summed E-state index contributed by atoms with van der Waals surface area (Å²) in [5, 5.41) is 0. The van der Waals surface area contributed by atoms with Crippen LogP contribution in [0.5, 0.6) is 0 Å². The Labute approximate surface area is 193 Å². The highest BCUT2D eigenvalue weighted by atomic mass is 14.3. The van der Waals surface area contributed by atoms with Gasteiger partial charge in [0.2, 0.25) is 0 Å². The third kappa shape index (κ3) is 7.39. The standard InChI is InChI=1S/C20H16.C5H12.3C2H6/c1-13-17-9-5-3-7-15(17)11-19(13)20-12-16-8-4-6-10-18(16)14(20)2;1-3-5-4-2;3*1-2/h3-10H,1-2,11-12H2;3-5H2,1-2H3;3*1-2H3/b20-19+;;;;. The van der Waals surface area contributed by atoms with Crippen molar-refractivity contribution in [2.75, 3.05) is 0 Å². The number of rotatable bonds is 2. The number of hydrogen-bond acceptors (Lipinski definition) is 0. The van der Waals surface area contributed by atoms with Crippen LogP contribution in [-0.4, -0.2) is 0 Å². The molecule has 0 heteroatoms. The molecule has 0 atom stereocenters. The Balaban J connectivity index is 0.000000704. The van der Waals surface area contributed by atoms with E-state index in [9.17, 15) is 0 Å². The maximum atomic E-state index is 4.32. The first-order valence-corrected chi connectivity index (χ1v) is 12.4. The van der Waals surface area contributed by atoms with E-state index >= 15 is 0 Å². The summed E-state index contributed by atoms with van der Waals surface area (Å²) in [6.45, 7) is 25.1. The average molecular weight is 419 g/mol. The number of hydrogen-bond donors (Lipinski definition) is 0. The zero-order valence-corrected chi connectivity index (χ0v) is 21.6. The van der Waals surface area contributed by atoms with Crippen LogP contribution in [0.25, 0.3) is 11.1 Å². The van der Waals surface area contributed by atoms with E-state index in [1.807, 2.05) is 41.5 Å². The molecule has 0 fully saturated rings. The zero-order chi connectivity index (χ0) is 23.8. The molecule has 0 bridgehead atoms. The molecule has 2 aromatic carbocycles. The lowest BCUT2D eigenvalue weighted by atomic mass is 9.97. The van der Waals surface area contributed by atoms with Crippen molar-refractivity contribution in [3.05, 3.63) is 95.1 Å². The SMILES string of the molecule is C=C1/C(=C2\Cc3ccccc3C2=C)Cc2ccccc21.CC.CC.CC.CCCCC. The van der Waals surface area contributed by atoms with Crippen molar-refractivity contribution in [2.45, 2.75) is 87.5 Å². The first-order chi connectivity index (χ1) is 15.2. The summed E-state index contributed by atoms with van der Waals surface area (Å²) in [7, 11) is 0. The number of allylic oxidation sites excluding steroid dienone is 4. The van der Waals surface area contributed by atoms with E-state index in [1.54, 1.807) is 0 Å². The van der Waals surface area contributed by atoms with Gasteiger partial charge >= 0.3 is 0 Å². The lowest BCUT2D eigenvalue weighted by Gasteiger charge is -2.07. The van der Waals surface area contributed by atoms with Crippen molar-refractivity contribution in [2.24, 2.45) is 0 Å². The molecular formula is C31H46. The van der Waals surface area contributed by atoms with E-state index in [2.05, 4.69) is 75.5 Å². The molecular weight excluding hydrogens is 372 g/mol. The van der Waals surface area contributed by atoms with Gasteiger partial charge in [-0.25, -0.2) is 0 Å². The molecule has 0 N–H and O–H groups in total. The minimum atomic E-state index is 0.997. The first kappa shape index (κ1) is 28.7. The van der Waals surface area contributed by atoms with Crippen LogP contribution < -0.4 is 0 Å². The molecule has 31 heavy (non-hydrogen) atoms. The summed E-state index contributed by atoms with van der Waals surface area (Å²) in [5.74, 6) is 0. The summed E-state index contributed by atoms with van der Waals surface area (Å²) < 4.78 is 0. The van der Waals surface area contributed by atoms with Crippen LogP contribution in [0.15, 0.2) is 72.8 Å². The van der Waals surface area contributed by atoms with E-state index in [0.29, 0.717) is 0 Å². The highest BCUT2D eigenvalue weighted by Gasteiger charge is 2.27. The second kappa shape index (κ2) is 16.4. The lowest BCUT2D eigenvalue weighted by molar-refractivity contribution is 0.772. The topological polar surface area (TPSA) is 0 Å². The summed E-state index contributed by atoms with van der Waals surface area (Å²) in [4.78, 5) is 0. The molecule has 0 heterocycles. The molecule has 4 rings (SSSR count). The third-order valence-corrected chi connectivity index (χ3v) is 5.22. The fourth-order valence-electron chi connectivity index (χ4n) is 3.79. The van der Waals surface area contributed by atoms with Gasteiger partial charge in [0.15, 0.2) is 0 Å². The summed E-state index contributed by atoms with van der Waals surface area (Å²) >= 11 is 0. The van der Waals surface area contributed by atoms with Crippen LogP contribution in [0.3, 0.4) is 0 Å². The van der Waals surface area contributed by atoms with Crippen molar-refractivity contribution in [1.82, 2.24) is 0 Å². The molecule has 2 aliphatic carbocycles. The minimum absolute atomic E-state index is 0.997. The maximum Gasteiger partial charge on any atom is -0.00106 e. The Bertz CT molecular complexity index is 763. The van der Waals surface area contributed by atoms with Gasteiger partial charge in [-0.3, -0.25) is 0 Å². The lowest BCUT2D eigenvalue weighted by Crippen LogP contribution is -1.90. The smallest absolute Gasteiger partial charge is 0.00106 e. The quantitative estimate of drug-likeness (QED) is 0.455. The van der Waals surface area contributed by atoms with Crippen LogP contribution in [0, 0.1) is 0 Å². The third-order valence-electron chi connectivity index (χ3n) is 5.22. The largest absolute Gasteiger partial charge is 0.0908 e. The molecule has 0 unspecified atom stereocenters. The normalized spacial score (nSPS) is 15.0. The molecule has 170 valence electrons. The van der Waals surface area contributed by atoms with Gasteiger partial charge in [0.1, 0.15) is 0 Å². The van der Waals surface area contributed by atoms with Gasteiger partial charge < -0.3 is 0 Å². The maximum absolute atomic E-state index is 4.32. The average Bonchev–Trinajstić information content (AvgIpc) is 3.36. The molecule has 0 amide bonds. The fourth-order valence-corrected chi connectivity index (χ4v) is 3.79. The Morgan fingerprint density at radius 3 is 1.16 bits per heavy atom.